The van der Waals surface area contributed by atoms with E-state index in [9.17, 15) is 9.59 Å². The molecule has 0 fully saturated rings. The Morgan fingerprint density at radius 1 is 1.33 bits per heavy atom. The summed E-state index contributed by atoms with van der Waals surface area (Å²) in [4.78, 5) is 22.9. The maximum Gasteiger partial charge on any atom is 0.326 e. The zero-order chi connectivity index (χ0) is 13.5. The summed E-state index contributed by atoms with van der Waals surface area (Å²) in [5.41, 5.74) is 0.484. The first-order valence-corrected chi connectivity index (χ1v) is 6.91. The van der Waals surface area contributed by atoms with Crippen LogP contribution in [0.3, 0.4) is 0 Å². The number of benzene rings is 1. The van der Waals surface area contributed by atoms with E-state index in [4.69, 9.17) is 5.11 Å². The van der Waals surface area contributed by atoms with E-state index in [0.717, 1.165) is 16.4 Å². The first-order chi connectivity index (χ1) is 8.54. The molecule has 1 amide bonds. The Morgan fingerprint density at radius 3 is 2.44 bits per heavy atom. The molecule has 4 nitrogen and oxygen atoms in total. The summed E-state index contributed by atoms with van der Waals surface area (Å²) in [7, 11) is 0. The summed E-state index contributed by atoms with van der Waals surface area (Å²) in [5, 5.41) is 11.6. The van der Waals surface area contributed by atoms with E-state index in [1.807, 2.05) is 19.1 Å². The van der Waals surface area contributed by atoms with Crippen LogP contribution in [0.25, 0.3) is 0 Å². The molecule has 0 aliphatic carbocycles. The molecule has 0 saturated carbocycles. The van der Waals surface area contributed by atoms with Gasteiger partial charge in [0.25, 0.3) is 5.91 Å². The fraction of sp³-hybridized carbons (Fsp3) is 0.385. The van der Waals surface area contributed by atoms with Gasteiger partial charge in [-0.25, -0.2) is 4.79 Å². The molecule has 0 aliphatic rings. The minimum Gasteiger partial charge on any atom is -0.480 e. The van der Waals surface area contributed by atoms with Gasteiger partial charge in [0.05, 0.1) is 0 Å². The molecule has 98 valence electrons. The van der Waals surface area contributed by atoms with Crippen LogP contribution < -0.4 is 5.32 Å². The van der Waals surface area contributed by atoms with Crippen molar-refractivity contribution in [2.24, 2.45) is 0 Å². The lowest BCUT2D eigenvalue weighted by atomic mass is 10.1. The average molecular weight is 361 g/mol. The molecule has 0 bridgehead atoms. The Morgan fingerprint density at radius 2 is 1.94 bits per heavy atom. The van der Waals surface area contributed by atoms with Crippen molar-refractivity contribution in [1.82, 2.24) is 5.32 Å². The highest BCUT2D eigenvalue weighted by molar-refractivity contribution is 14.1. The quantitative estimate of drug-likeness (QED) is 0.766. The number of carboxylic acids is 1. The molecular weight excluding hydrogens is 345 g/mol. The van der Waals surface area contributed by atoms with Gasteiger partial charge in [-0.1, -0.05) is 19.8 Å². The fourth-order valence-electron chi connectivity index (χ4n) is 1.51. The van der Waals surface area contributed by atoms with E-state index in [2.05, 4.69) is 27.9 Å². The Labute approximate surface area is 120 Å². The number of nitrogens with one attached hydrogen (secondary N) is 1. The summed E-state index contributed by atoms with van der Waals surface area (Å²) < 4.78 is 1.03. The van der Waals surface area contributed by atoms with E-state index < -0.39 is 12.0 Å². The minimum atomic E-state index is -0.984. The lowest BCUT2D eigenvalue weighted by molar-refractivity contribution is -0.139. The molecule has 18 heavy (non-hydrogen) atoms. The zero-order valence-corrected chi connectivity index (χ0v) is 12.3. The summed E-state index contributed by atoms with van der Waals surface area (Å²) in [6.45, 7) is 1.99. The Balaban J connectivity index is 2.66. The zero-order valence-electron chi connectivity index (χ0n) is 10.1. The molecule has 0 radical (unpaired) electrons. The van der Waals surface area contributed by atoms with Gasteiger partial charge >= 0.3 is 5.97 Å². The SMILES string of the molecule is CCCC[C@H](NC(=O)c1ccc(I)cc1)C(=O)O. The second-order valence-corrected chi connectivity index (χ2v) is 5.26. The number of amides is 1. The van der Waals surface area contributed by atoms with Crippen molar-refractivity contribution >= 4 is 34.5 Å². The van der Waals surface area contributed by atoms with E-state index in [1.54, 1.807) is 12.1 Å². The van der Waals surface area contributed by atoms with Crippen molar-refractivity contribution in [3.05, 3.63) is 33.4 Å². The van der Waals surface area contributed by atoms with Gasteiger partial charge in [-0.05, 0) is 53.3 Å². The van der Waals surface area contributed by atoms with Gasteiger partial charge in [0, 0.05) is 9.13 Å². The standard InChI is InChI=1S/C13H16INO3/c1-2-3-4-11(13(17)18)15-12(16)9-5-7-10(14)8-6-9/h5-8,11H,2-4H2,1H3,(H,15,16)(H,17,18)/t11-/m0/s1. The van der Waals surface area contributed by atoms with Gasteiger partial charge in [-0.2, -0.15) is 0 Å². The number of carbonyl (C=O) groups excluding carboxylic acids is 1. The molecular formula is C13H16INO3. The number of unbranched alkanes of at least 4 members (excludes halogenated alkanes) is 1. The number of halogens is 1. The topological polar surface area (TPSA) is 66.4 Å². The monoisotopic (exact) mass is 361 g/mol. The van der Waals surface area contributed by atoms with Crippen molar-refractivity contribution in [3.63, 3.8) is 0 Å². The highest BCUT2D eigenvalue weighted by Crippen LogP contribution is 2.08. The predicted octanol–water partition coefficient (Wildman–Crippen LogP) is 2.66. The van der Waals surface area contributed by atoms with Crippen LogP contribution in [0.15, 0.2) is 24.3 Å². The Bertz CT molecular complexity index is 417. The normalized spacial score (nSPS) is 11.9. The predicted molar refractivity (Wildman–Crippen MR) is 77.6 cm³/mol. The summed E-state index contributed by atoms with van der Waals surface area (Å²) >= 11 is 2.15. The number of carboxylic acid groups (broad SMARTS) is 1. The largest absolute Gasteiger partial charge is 0.480 e. The van der Waals surface area contributed by atoms with Crippen LogP contribution in [0.2, 0.25) is 0 Å². The Hall–Kier alpha value is -1.11. The minimum absolute atomic E-state index is 0.338. The number of aliphatic carboxylic acids is 1. The second kappa shape index (κ2) is 7.35. The highest BCUT2D eigenvalue weighted by Gasteiger charge is 2.19. The van der Waals surface area contributed by atoms with Crippen molar-refractivity contribution in [2.75, 3.05) is 0 Å². The maximum atomic E-state index is 11.9. The molecule has 1 aromatic carbocycles. The van der Waals surface area contributed by atoms with Crippen molar-refractivity contribution in [2.45, 2.75) is 32.2 Å². The van der Waals surface area contributed by atoms with Gasteiger partial charge in [0.2, 0.25) is 0 Å². The number of hydrogen-bond acceptors (Lipinski definition) is 2. The van der Waals surface area contributed by atoms with Crippen LogP contribution in [0.5, 0.6) is 0 Å². The van der Waals surface area contributed by atoms with Crippen molar-refractivity contribution in [3.8, 4) is 0 Å². The average Bonchev–Trinajstić information content (AvgIpc) is 2.34. The smallest absolute Gasteiger partial charge is 0.326 e. The van der Waals surface area contributed by atoms with Gasteiger partial charge in [-0.15, -0.1) is 0 Å². The first-order valence-electron chi connectivity index (χ1n) is 5.83. The van der Waals surface area contributed by atoms with E-state index in [0.29, 0.717) is 12.0 Å². The molecule has 1 aromatic rings. The van der Waals surface area contributed by atoms with E-state index in [-0.39, 0.29) is 5.91 Å². The third kappa shape index (κ3) is 4.64. The molecule has 0 saturated heterocycles. The lowest BCUT2D eigenvalue weighted by Gasteiger charge is -2.14. The van der Waals surface area contributed by atoms with Gasteiger partial charge in [0.15, 0.2) is 0 Å². The lowest BCUT2D eigenvalue weighted by Crippen LogP contribution is -2.40. The molecule has 1 rings (SSSR count). The van der Waals surface area contributed by atoms with Crippen LogP contribution in [0, 0.1) is 3.57 Å². The number of hydrogen-bond donors (Lipinski definition) is 2. The molecule has 2 N–H and O–H groups in total. The fourth-order valence-corrected chi connectivity index (χ4v) is 1.87. The maximum absolute atomic E-state index is 11.9. The third-order valence-electron chi connectivity index (χ3n) is 2.56. The number of rotatable bonds is 6. The van der Waals surface area contributed by atoms with Gasteiger partial charge in [-0.3, -0.25) is 4.79 Å². The molecule has 0 unspecified atom stereocenters. The van der Waals surface area contributed by atoms with Crippen LogP contribution in [-0.4, -0.2) is 23.0 Å². The summed E-state index contributed by atoms with van der Waals surface area (Å²) in [5.74, 6) is -1.32. The molecule has 1 atom stereocenters. The third-order valence-corrected chi connectivity index (χ3v) is 3.28. The van der Waals surface area contributed by atoms with Crippen LogP contribution in [-0.2, 0) is 4.79 Å². The highest BCUT2D eigenvalue weighted by atomic mass is 127. The molecule has 0 aliphatic heterocycles. The van der Waals surface area contributed by atoms with Crippen LogP contribution in [0.4, 0.5) is 0 Å². The Kier molecular flexibility index (Phi) is 6.11. The van der Waals surface area contributed by atoms with Gasteiger partial charge in [0.1, 0.15) is 6.04 Å². The molecule has 5 heteroatoms. The van der Waals surface area contributed by atoms with Crippen LogP contribution >= 0.6 is 22.6 Å². The van der Waals surface area contributed by atoms with Crippen molar-refractivity contribution < 1.29 is 14.7 Å². The summed E-state index contributed by atoms with van der Waals surface area (Å²) in [6.07, 6.45) is 2.15. The van der Waals surface area contributed by atoms with Crippen molar-refractivity contribution in [1.29, 1.82) is 0 Å². The van der Waals surface area contributed by atoms with E-state index >= 15 is 0 Å². The molecule has 0 spiro atoms. The van der Waals surface area contributed by atoms with Gasteiger partial charge < -0.3 is 10.4 Å². The number of carbonyl (C=O) groups is 2. The summed E-state index contributed by atoms with van der Waals surface area (Å²) in [6, 6.07) is 6.21. The second-order valence-electron chi connectivity index (χ2n) is 4.01. The molecule has 0 heterocycles. The first kappa shape index (κ1) is 14.9. The van der Waals surface area contributed by atoms with E-state index in [1.165, 1.54) is 0 Å². The molecule has 0 aromatic heterocycles. The van der Waals surface area contributed by atoms with Crippen LogP contribution in [0.1, 0.15) is 36.5 Å².